The molecule has 3 nitrogen and oxygen atoms in total. The Morgan fingerprint density at radius 3 is 2.78 bits per heavy atom. The van der Waals surface area contributed by atoms with Gasteiger partial charge in [-0.2, -0.15) is 0 Å². The van der Waals surface area contributed by atoms with Gasteiger partial charge in [0, 0.05) is 18.3 Å². The molecule has 1 aromatic heterocycles. The second-order valence-corrected chi connectivity index (χ2v) is 4.22. The highest BCUT2D eigenvalue weighted by Crippen LogP contribution is 2.28. The lowest BCUT2D eigenvalue weighted by molar-refractivity contribution is 0.628. The monoisotopic (exact) mass is 265 g/mol. The van der Waals surface area contributed by atoms with Crippen molar-refractivity contribution in [2.75, 3.05) is 11.9 Å². The van der Waals surface area contributed by atoms with Crippen LogP contribution < -0.4 is 4.90 Å². The topological polar surface area (TPSA) is 29.0 Å². The molecule has 0 radical (unpaired) electrons. The highest BCUT2D eigenvalue weighted by Gasteiger charge is 2.13. The van der Waals surface area contributed by atoms with Gasteiger partial charge in [-0.1, -0.05) is 24.6 Å². The molecule has 5 heteroatoms. The van der Waals surface area contributed by atoms with Crippen molar-refractivity contribution in [3.05, 3.63) is 47.1 Å². The van der Waals surface area contributed by atoms with Gasteiger partial charge in [0.1, 0.15) is 23.1 Å². The van der Waals surface area contributed by atoms with Gasteiger partial charge in [-0.3, -0.25) is 0 Å². The summed E-state index contributed by atoms with van der Waals surface area (Å²) in [5.41, 5.74) is 1.57. The zero-order valence-corrected chi connectivity index (χ0v) is 10.9. The maximum Gasteiger partial charge on any atom is 0.140 e. The van der Waals surface area contributed by atoms with E-state index in [1.807, 2.05) is 20.0 Å². The highest BCUT2D eigenvalue weighted by atomic mass is 35.5. The van der Waals surface area contributed by atoms with Crippen molar-refractivity contribution in [3.63, 3.8) is 0 Å². The summed E-state index contributed by atoms with van der Waals surface area (Å²) in [5, 5.41) is 0.436. The summed E-state index contributed by atoms with van der Waals surface area (Å²) in [5.74, 6) is 0.417. The van der Waals surface area contributed by atoms with Gasteiger partial charge in [0.05, 0.1) is 0 Å². The van der Waals surface area contributed by atoms with Crippen molar-refractivity contribution in [1.82, 2.24) is 9.97 Å². The minimum atomic E-state index is -0.280. The van der Waals surface area contributed by atoms with Gasteiger partial charge >= 0.3 is 0 Å². The second kappa shape index (κ2) is 5.31. The fraction of sp³-hybridized carbons (Fsp3) is 0.231. The summed E-state index contributed by atoms with van der Waals surface area (Å²) >= 11 is 6.04. The van der Waals surface area contributed by atoms with Crippen LogP contribution in [0.4, 0.5) is 15.9 Å². The molecule has 0 atom stereocenters. The first-order valence-electron chi connectivity index (χ1n) is 5.62. The Bertz CT molecular complexity index is 560. The molecule has 94 valence electrons. The first kappa shape index (κ1) is 12.8. The average Bonchev–Trinajstić information content (AvgIpc) is 2.37. The number of nitrogens with zero attached hydrogens (tertiary/aromatic N) is 3. The first-order chi connectivity index (χ1) is 8.63. The molecule has 0 aliphatic carbocycles. The van der Waals surface area contributed by atoms with Gasteiger partial charge in [-0.05, 0) is 24.6 Å². The van der Waals surface area contributed by atoms with Crippen molar-refractivity contribution in [2.24, 2.45) is 0 Å². The molecule has 0 fully saturated rings. The molecule has 0 spiro atoms. The first-order valence-corrected chi connectivity index (χ1v) is 6.00. The molecule has 2 rings (SSSR count). The Morgan fingerprint density at radius 2 is 2.11 bits per heavy atom. The van der Waals surface area contributed by atoms with E-state index >= 15 is 0 Å². The van der Waals surface area contributed by atoms with Crippen molar-refractivity contribution >= 4 is 23.1 Å². The average molecular weight is 266 g/mol. The van der Waals surface area contributed by atoms with Crippen LogP contribution >= 0.6 is 11.6 Å². The number of hydrogen-bond acceptors (Lipinski definition) is 3. The summed E-state index contributed by atoms with van der Waals surface area (Å²) in [6, 6.07) is 6.34. The molecule has 0 saturated heterocycles. The summed E-state index contributed by atoms with van der Waals surface area (Å²) in [6.45, 7) is 1.98. The molecule has 0 N–H and O–H groups in total. The molecule has 0 amide bonds. The Morgan fingerprint density at radius 1 is 1.33 bits per heavy atom. The molecule has 2 aromatic rings. The van der Waals surface area contributed by atoms with Gasteiger partial charge in [0.15, 0.2) is 0 Å². The zero-order chi connectivity index (χ0) is 13.1. The van der Waals surface area contributed by atoms with Gasteiger partial charge in [0.2, 0.25) is 0 Å². The molecule has 0 aliphatic heterocycles. The third-order valence-electron chi connectivity index (χ3n) is 2.74. The van der Waals surface area contributed by atoms with E-state index in [2.05, 4.69) is 9.97 Å². The van der Waals surface area contributed by atoms with E-state index in [1.165, 1.54) is 18.5 Å². The Kier molecular flexibility index (Phi) is 3.77. The van der Waals surface area contributed by atoms with Gasteiger partial charge in [-0.25, -0.2) is 14.4 Å². The minimum absolute atomic E-state index is 0.280. The van der Waals surface area contributed by atoms with Crippen LogP contribution in [0.15, 0.2) is 30.6 Å². The quantitative estimate of drug-likeness (QED) is 0.794. The molecule has 18 heavy (non-hydrogen) atoms. The predicted octanol–water partition coefficient (Wildman–Crippen LogP) is 3.60. The number of benzene rings is 1. The smallest absolute Gasteiger partial charge is 0.140 e. The molecule has 0 unspecified atom stereocenters. The number of halogens is 2. The molecule has 0 aliphatic rings. The van der Waals surface area contributed by atoms with Gasteiger partial charge < -0.3 is 4.90 Å². The Balaban J connectivity index is 2.46. The van der Waals surface area contributed by atoms with Crippen molar-refractivity contribution in [2.45, 2.75) is 13.3 Å². The Labute approximate surface area is 110 Å². The highest BCUT2D eigenvalue weighted by molar-refractivity contribution is 6.30. The van der Waals surface area contributed by atoms with Crippen LogP contribution in [0.1, 0.15) is 12.5 Å². The summed E-state index contributed by atoms with van der Waals surface area (Å²) in [4.78, 5) is 9.98. The van der Waals surface area contributed by atoms with Crippen LogP contribution in [0.2, 0.25) is 5.15 Å². The summed E-state index contributed by atoms with van der Waals surface area (Å²) in [7, 11) is 1.83. The van der Waals surface area contributed by atoms with E-state index in [0.717, 1.165) is 11.3 Å². The SMILES string of the molecule is CCc1c(Cl)ncnc1N(C)c1cccc(F)c1. The second-order valence-electron chi connectivity index (χ2n) is 3.86. The van der Waals surface area contributed by atoms with E-state index in [9.17, 15) is 4.39 Å². The molecule has 1 heterocycles. The van der Waals surface area contributed by atoms with E-state index in [0.29, 0.717) is 17.4 Å². The zero-order valence-electron chi connectivity index (χ0n) is 10.2. The minimum Gasteiger partial charge on any atom is -0.329 e. The number of hydrogen-bond donors (Lipinski definition) is 0. The number of rotatable bonds is 3. The summed E-state index contributed by atoms with van der Waals surface area (Å²) in [6.07, 6.45) is 2.13. The van der Waals surface area contributed by atoms with Crippen molar-refractivity contribution in [1.29, 1.82) is 0 Å². The maximum atomic E-state index is 13.2. The van der Waals surface area contributed by atoms with Crippen LogP contribution in [-0.2, 0) is 6.42 Å². The standard InChI is InChI=1S/C13H13ClFN3/c1-3-11-12(14)16-8-17-13(11)18(2)10-6-4-5-9(15)7-10/h4-8H,3H2,1-2H3. The van der Waals surface area contributed by atoms with Crippen molar-refractivity contribution in [3.8, 4) is 0 Å². The van der Waals surface area contributed by atoms with Gasteiger partial charge in [0.25, 0.3) is 0 Å². The molecule has 0 bridgehead atoms. The molecule has 1 aromatic carbocycles. The maximum absolute atomic E-state index is 13.2. The van der Waals surface area contributed by atoms with Crippen LogP contribution in [0.25, 0.3) is 0 Å². The molecular formula is C13H13ClFN3. The predicted molar refractivity (Wildman–Crippen MR) is 70.9 cm³/mol. The Hall–Kier alpha value is -1.68. The third kappa shape index (κ3) is 2.43. The third-order valence-corrected chi connectivity index (χ3v) is 3.06. The normalized spacial score (nSPS) is 10.4. The fourth-order valence-corrected chi connectivity index (χ4v) is 2.04. The van der Waals surface area contributed by atoms with E-state index in [-0.39, 0.29) is 5.82 Å². The number of anilines is 2. The lowest BCUT2D eigenvalue weighted by Crippen LogP contribution is -2.14. The fourth-order valence-electron chi connectivity index (χ4n) is 1.78. The lowest BCUT2D eigenvalue weighted by atomic mass is 10.2. The van der Waals surface area contributed by atoms with Crippen LogP contribution in [0.3, 0.4) is 0 Å². The molecular weight excluding hydrogens is 253 g/mol. The van der Waals surface area contributed by atoms with E-state index in [1.54, 1.807) is 11.0 Å². The van der Waals surface area contributed by atoms with Crippen LogP contribution in [0, 0.1) is 5.82 Å². The van der Waals surface area contributed by atoms with Crippen LogP contribution in [-0.4, -0.2) is 17.0 Å². The summed E-state index contributed by atoms with van der Waals surface area (Å²) < 4.78 is 13.2. The van der Waals surface area contributed by atoms with Crippen molar-refractivity contribution < 1.29 is 4.39 Å². The van der Waals surface area contributed by atoms with Crippen LogP contribution in [0.5, 0.6) is 0 Å². The van der Waals surface area contributed by atoms with Gasteiger partial charge in [-0.15, -0.1) is 0 Å². The van der Waals surface area contributed by atoms with E-state index in [4.69, 9.17) is 11.6 Å². The van der Waals surface area contributed by atoms with E-state index < -0.39 is 0 Å². The largest absolute Gasteiger partial charge is 0.329 e. The number of aromatic nitrogens is 2. The molecule has 0 saturated carbocycles. The lowest BCUT2D eigenvalue weighted by Gasteiger charge is -2.21.